The largest absolute Gasteiger partial charge is 0.497 e. The Labute approximate surface area is 180 Å². The average molecular weight is 425 g/mol. The smallest absolute Gasteiger partial charge is 0.339 e. The molecule has 0 radical (unpaired) electrons. The van der Waals surface area contributed by atoms with Crippen LogP contribution in [0.2, 0.25) is 0 Å². The van der Waals surface area contributed by atoms with Crippen molar-refractivity contribution in [3.8, 4) is 28.4 Å². The summed E-state index contributed by atoms with van der Waals surface area (Å²) in [5.74, 6) is -0.178. The highest BCUT2D eigenvalue weighted by Gasteiger charge is 2.13. The molecule has 0 fully saturated rings. The zero-order valence-corrected chi connectivity index (χ0v) is 17.4. The van der Waals surface area contributed by atoms with Crippen molar-refractivity contribution in [1.82, 2.24) is 5.32 Å². The molecular weight excluding hydrogens is 401 g/mol. The molecule has 0 aromatic heterocycles. The van der Waals surface area contributed by atoms with E-state index in [1.54, 1.807) is 25.3 Å². The third-order valence-corrected chi connectivity index (χ3v) is 4.65. The summed E-state index contributed by atoms with van der Waals surface area (Å²) in [5.41, 5.74) is 2.16. The van der Waals surface area contributed by atoms with Gasteiger partial charge in [0.25, 0.3) is 0 Å². The van der Waals surface area contributed by atoms with Crippen LogP contribution in [0.15, 0.2) is 60.7 Å². The van der Waals surface area contributed by atoms with Gasteiger partial charge in [-0.25, -0.2) is 9.18 Å². The van der Waals surface area contributed by atoms with Gasteiger partial charge in [-0.3, -0.25) is 0 Å². The normalized spacial score (nSPS) is 10.5. The number of ether oxygens (including phenoxy) is 3. The van der Waals surface area contributed by atoms with Gasteiger partial charge in [-0.15, -0.1) is 0 Å². The molecule has 0 bridgehead atoms. The standard InChI is InChI=1S/C24H24FNO5/c1-29-20-5-3-4-16(10-20)15-26-8-9-31-21-12-18(11-19(25)14-21)17-6-7-23(30-2)22(13-17)24(27)28/h3-7,10-14,26H,8-9,15H2,1-2H3,(H,27,28). The lowest BCUT2D eigenvalue weighted by atomic mass is 10.0. The Hall–Kier alpha value is -3.58. The Bertz CT molecular complexity index is 1050. The van der Waals surface area contributed by atoms with E-state index in [4.69, 9.17) is 14.2 Å². The molecule has 0 aliphatic carbocycles. The quantitative estimate of drug-likeness (QED) is 0.470. The van der Waals surface area contributed by atoms with Crippen molar-refractivity contribution in [1.29, 1.82) is 0 Å². The number of methoxy groups -OCH3 is 2. The van der Waals surface area contributed by atoms with Crippen LogP contribution in [0.3, 0.4) is 0 Å². The van der Waals surface area contributed by atoms with Gasteiger partial charge in [-0.05, 0) is 53.1 Å². The van der Waals surface area contributed by atoms with Gasteiger partial charge in [0.15, 0.2) is 0 Å². The molecule has 7 heteroatoms. The Kier molecular flexibility index (Phi) is 7.45. The van der Waals surface area contributed by atoms with Crippen LogP contribution in [-0.2, 0) is 6.54 Å². The molecule has 0 spiro atoms. The van der Waals surface area contributed by atoms with Crippen molar-refractivity contribution < 1.29 is 28.5 Å². The highest BCUT2D eigenvalue weighted by atomic mass is 19.1. The lowest BCUT2D eigenvalue weighted by Crippen LogP contribution is -2.20. The van der Waals surface area contributed by atoms with E-state index in [2.05, 4.69) is 5.32 Å². The van der Waals surface area contributed by atoms with Crippen molar-refractivity contribution in [2.75, 3.05) is 27.4 Å². The van der Waals surface area contributed by atoms with Crippen LogP contribution in [0.5, 0.6) is 17.2 Å². The molecule has 0 atom stereocenters. The number of benzene rings is 3. The van der Waals surface area contributed by atoms with Crippen LogP contribution in [-0.4, -0.2) is 38.4 Å². The second-order valence-electron chi connectivity index (χ2n) is 6.77. The maximum Gasteiger partial charge on any atom is 0.339 e. The first kappa shape index (κ1) is 22.1. The Balaban J connectivity index is 1.62. The molecule has 6 nitrogen and oxygen atoms in total. The molecule has 162 valence electrons. The van der Waals surface area contributed by atoms with Crippen LogP contribution in [0.25, 0.3) is 11.1 Å². The second-order valence-corrected chi connectivity index (χ2v) is 6.77. The number of carbonyl (C=O) groups is 1. The van der Waals surface area contributed by atoms with Crippen molar-refractivity contribution in [3.63, 3.8) is 0 Å². The van der Waals surface area contributed by atoms with Gasteiger partial charge < -0.3 is 24.6 Å². The number of carboxylic acids is 1. The highest BCUT2D eigenvalue weighted by molar-refractivity contribution is 5.92. The molecule has 3 rings (SSSR count). The number of halogens is 1. The van der Waals surface area contributed by atoms with Crippen LogP contribution in [0, 0.1) is 5.82 Å². The van der Waals surface area contributed by atoms with E-state index in [0.717, 1.165) is 11.3 Å². The van der Waals surface area contributed by atoms with Gasteiger partial charge in [0, 0.05) is 19.2 Å². The fourth-order valence-corrected chi connectivity index (χ4v) is 3.12. The number of carboxylic acid groups (broad SMARTS) is 1. The summed E-state index contributed by atoms with van der Waals surface area (Å²) in [7, 11) is 3.03. The first-order chi connectivity index (χ1) is 15.0. The summed E-state index contributed by atoms with van der Waals surface area (Å²) in [4.78, 5) is 11.4. The molecule has 0 saturated heterocycles. The van der Waals surface area contributed by atoms with Crippen molar-refractivity contribution in [3.05, 3.63) is 77.6 Å². The van der Waals surface area contributed by atoms with Crippen LogP contribution in [0.4, 0.5) is 4.39 Å². The Morgan fingerprint density at radius 3 is 2.55 bits per heavy atom. The first-order valence-electron chi connectivity index (χ1n) is 9.69. The highest BCUT2D eigenvalue weighted by Crippen LogP contribution is 2.30. The minimum Gasteiger partial charge on any atom is -0.497 e. The van der Waals surface area contributed by atoms with Gasteiger partial charge in [0.05, 0.1) is 14.2 Å². The summed E-state index contributed by atoms with van der Waals surface area (Å²) in [6.07, 6.45) is 0. The van der Waals surface area contributed by atoms with E-state index in [-0.39, 0.29) is 11.3 Å². The number of nitrogens with one attached hydrogen (secondary N) is 1. The minimum absolute atomic E-state index is 0.00784. The van der Waals surface area contributed by atoms with E-state index in [1.165, 1.54) is 25.3 Å². The summed E-state index contributed by atoms with van der Waals surface area (Å²) < 4.78 is 30.1. The van der Waals surface area contributed by atoms with Crippen molar-refractivity contribution in [2.24, 2.45) is 0 Å². The van der Waals surface area contributed by atoms with Crippen molar-refractivity contribution >= 4 is 5.97 Å². The molecule has 3 aromatic carbocycles. The van der Waals surface area contributed by atoms with Gasteiger partial charge in [0.1, 0.15) is 35.2 Å². The zero-order valence-electron chi connectivity index (χ0n) is 17.4. The van der Waals surface area contributed by atoms with Gasteiger partial charge in [-0.1, -0.05) is 18.2 Å². The number of hydrogen-bond acceptors (Lipinski definition) is 5. The molecule has 0 amide bonds. The minimum atomic E-state index is -1.12. The molecule has 0 heterocycles. The number of rotatable bonds is 10. The van der Waals surface area contributed by atoms with Crippen LogP contribution < -0.4 is 19.5 Å². The molecule has 0 saturated carbocycles. The van der Waals surface area contributed by atoms with Gasteiger partial charge >= 0.3 is 5.97 Å². The number of aromatic carboxylic acids is 1. The van der Waals surface area contributed by atoms with E-state index in [0.29, 0.717) is 36.6 Å². The number of hydrogen-bond donors (Lipinski definition) is 2. The summed E-state index contributed by atoms with van der Waals surface area (Å²) in [6.45, 7) is 1.56. The third kappa shape index (κ3) is 5.96. The maximum atomic E-state index is 14.1. The topological polar surface area (TPSA) is 77.0 Å². The van der Waals surface area contributed by atoms with Gasteiger partial charge in [0.2, 0.25) is 0 Å². The van der Waals surface area contributed by atoms with E-state index in [9.17, 15) is 14.3 Å². The summed E-state index contributed by atoms with van der Waals surface area (Å²) in [5, 5.41) is 12.6. The lowest BCUT2D eigenvalue weighted by Gasteiger charge is -2.11. The van der Waals surface area contributed by atoms with Crippen molar-refractivity contribution in [2.45, 2.75) is 6.54 Å². The first-order valence-corrected chi connectivity index (χ1v) is 9.69. The average Bonchev–Trinajstić information content (AvgIpc) is 2.78. The van der Waals surface area contributed by atoms with E-state index < -0.39 is 11.8 Å². The zero-order chi connectivity index (χ0) is 22.2. The maximum absolute atomic E-state index is 14.1. The Morgan fingerprint density at radius 2 is 1.81 bits per heavy atom. The monoisotopic (exact) mass is 425 g/mol. The predicted molar refractivity (Wildman–Crippen MR) is 116 cm³/mol. The summed E-state index contributed by atoms with van der Waals surface area (Å²) >= 11 is 0. The molecule has 0 aliphatic rings. The fraction of sp³-hybridized carbons (Fsp3) is 0.208. The molecule has 0 unspecified atom stereocenters. The molecule has 0 aliphatic heterocycles. The summed E-state index contributed by atoms with van der Waals surface area (Å²) in [6, 6.07) is 16.8. The van der Waals surface area contributed by atoms with Crippen LogP contribution >= 0.6 is 0 Å². The second kappa shape index (κ2) is 10.4. The lowest BCUT2D eigenvalue weighted by molar-refractivity contribution is 0.0693. The SMILES string of the molecule is COc1cccc(CNCCOc2cc(F)cc(-c3ccc(OC)c(C(=O)O)c3)c2)c1. The van der Waals surface area contributed by atoms with Gasteiger partial charge in [-0.2, -0.15) is 0 Å². The van der Waals surface area contributed by atoms with E-state index in [1.807, 2.05) is 24.3 Å². The molecule has 2 N–H and O–H groups in total. The molecular formula is C24H24FNO5. The van der Waals surface area contributed by atoms with E-state index >= 15 is 0 Å². The molecule has 3 aromatic rings. The third-order valence-electron chi connectivity index (χ3n) is 4.65. The fourth-order valence-electron chi connectivity index (χ4n) is 3.12. The molecule has 31 heavy (non-hydrogen) atoms. The van der Waals surface area contributed by atoms with Crippen LogP contribution in [0.1, 0.15) is 15.9 Å². The predicted octanol–water partition coefficient (Wildman–Crippen LogP) is 4.38. The Morgan fingerprint density at radius 1 is 0.968 bits per heavy atom.